The van der Waals surface area contributed by atoms with E-state index in [1.54, 1.807) is 6.33 Å². The van der Waals surface area contributed by atoms with Crippen LogP contribution in [0.2, 0.25) is 0 Å². The molecule has 3 unspecified atom stereocenters. The maximum Gasteiger partial charge on any atom is 0.308 e. The van der Waals surface area contributed by atoms with E-state index in [4.69, 9.17) is 0 Å². The van der Waals surface area contributed by atoms with Crippen molar-refractivity contribution < 1.29 is 9.90 Å². The lowest BCUT2D eigenvalue weighted by Crippen LogP contribution is -2.33. The summed E-state index contributed by atoms with van der Waals surface area (Å²) >= 11 is 0. The Kier molecular flexibility index (Phi) is 3.05. The Labute approximate surface area is 112 Å². The van der Waals surface area contributed by atoms with Gasteiger partial charge in [0.2, 0.25) is 0 Å². The molecule has 19 heavy (non-hydrogen) atoms. The fourth-order valence-electron chi connectivity index (χ4n) is 3.59. The van der Waals surface area contributed by atoms with Crippen LogP contribution in [-0.2, 0) is 11.3 Å². The maximum absolute atomic E-state index is 11.3. The second-order valence-electron chi connectivity index (χ2n) is 5.87. The Hall–Kier alpha value is -1.43. The van der Waals surface area contributed by atoms with Gasteiger partial charge < -0.3 is 5.11 Å². The topological polar surface area (TPSA) is 71.2 Å². The SMILES string of the molecule is CC(C)n1ncnc1CN1C2CCC1C(C(=O)O)C2. The normalized spacial score (nSPS) is 30.4. The predicted octanol–water partition coefficient (Wildman–Crippen LogP) is 1.30. The van der Waals surface area contributed by atoms with Gasteiger partial charge in [-0.3, -0.25) is 9.69 Å². The first-order chi connectivity index (χ1) is 9.08. The maximum atomic E-state index is 11.3. The largest absolute Gasteiger partial charge is 0.481 e. The molecule has 2 fully saturated rings. The van der Waals surface area contributed by atoms with Gasteiger partial charge in [-0.15, -0.1) is 0 Å². The summed E-state index contributed by atoms with van der Waals surface area (Å²) in [6, 6.07) is 0.872. The molecular formula is C13H20N4O2. The minimum atomic E-state index is -0.650. The third-order valence-electron chi connectivity index (χ3n) is 4.46. The number of aromatic nitrogens is 3. The first kappa shape index (κ1) is 12.6. The van der Waals surface area contributed by atoms with Crippen LogP contribution in [0, 0.1) is 5.92 Å². The van der Waals surface area contributed by atoms with Crippen molar-refractivity contribution in [2.24, 2.45) is 5.92 Å². The van der Waals surface area contributed by atoms with E-state index in [1.807, 2.05) is 4.68 Å². The third-order valence-corrected chi connectivity index (χ3v) is 4.46. The molecule has 2 aliphatic heterocycles. The Balaban J connectivity index is 1.77. The van der Waals surface area contributed by atoms with Crippen LogP contribution in [0.5, 0.6) is 0 Å². The fourth-order valence-corrected chi connectivity index (χ4v) is 3.59. The minimum absolute atomic E-state index is 0.180. The van der Waals surface area contributed by atoms with Gasteiger partial charge in [0.15, 0.2) is 0 Å². The second kappa shape index (κ2) is 4.59. The molecule has 6 nitrogen and oxygen atoms in total. The average molecular weight is 264 g/mol. The lowest BCUT2D eigenvalue weighted by atomic mass is 9.89. The van der Waals surface area contributed by atoms with Crippen LogP contribution in [0.25, 0.3) is 0 Å². The molecule has 3 heterocycles. The number of nitrogens with zero attached hydrogens (tertiary/aromatic N) is 4. The summed E-state index contributed by atoms with van der Waals surface area (Å²) in [6.07, 6.45) is 4.49. The number of fused-ring (bicyclic) bond motifs is 2. The average Bonchev–Trinajstić information content (AvgIpc) is 3.04. The summed E-state index contributed by atoms with van der Waals surface area (Å²) in [5, 5.41) is 13.5. The monoisotopic (exact) mass is 264 g/mol. The molecule has 2 saturated heterocycles. The summed E-state index contributed by atoms with van der Waals surface area (Å²) in [7, 11) is 0. The zero-order valence-corrected chi connectivity index (χ0v) is 11.4. The Bertz CT molecular complexity index is 485. The Morgan fingerprint density at radius 1 is 1.53 bits per heavy atom. The summed E-state index contributed by atoms with van der Waals surface area (Å²) in [5.74, 6) is 0.0923. The summed E-state index contributed by atoms with van der Waals surface area (Å²) in [4.78, 5) is 17.9. The van der Waals surface area contributed by atoms with Gasteiger partial charge >= 0.3 is 5.97 Å². The van der Waals surface area contributed by atoms with Crippen molar-refractivity contribution in [1.82, 2.24) is 19.7 Å². The van der Waals surface area contributed by atoms with E-state index < -0.39 is 5.97 Å². The van der Waals surface area contributed by atoms with Gasteiger partial charge in [-0.1, -0.05) is 0 Å². The van der Waals surface area contributed by atoms with E-state index in [9.17, 15) is 9.90 Å². The highest BCUT2D eigenvalue weighted by atomic mass is 16.4. The van der Waals surface area contributed by atoms with Crippen molar-refractivity contribution in [3.05, 3.63) is 12.2 Å². The highest BCUT2D eigenvalue weighted by Gasteiger charge is 2.49. The predicted molar refractivity (Wildman–Crippen MR) is 68.5 cm³/mol. The van der Waals surface area contributed by atoms with Gasteiger partial charge in [-0.2, -0.15) is 5.10 Å². The molecule has 1 aromatic heterocycles. The summed E-state index contributed by atoms with van der Waals surface area (Å²) < 4.78 is 1.92. The van der Waals surface area contributed by atoms with E-state index in [1.165, 1.54) is 0 Å². The summed E-state index contributed by atoms with van der Waals surface area (Å²) in [6.45, 7) is 4.88. The molecule has 2 aliphatic rings. The molecule has 0 spiro atoms. The van der Waals surface area contributed by atoms with Crippen LogP contribution in [0.3, 0.4) is 0 Å². The molecule has 3 atom stereocenters. The molecule has 3 rings (SSSR count). The van der Waals surface area contributed by atoms with E-state index in [0.29, 0.717) is 6.04 Å². The van der Waals surface area contributed by atoms with Gasteiger partial charge in [0.1, 0.15) is 12.2 Å². The molecule has 1 N–H and O–H groups in total. The molecule has 0 radical (unpaired) electrons. The van der Waals surface area contributed by atoms with Crippen LogP contribution < -0.4 is 0 Å². The number of hydrogen-bond donors (Lipinski definition) is 1. The lowest BCUT2D eigenvalue weighted by Gasteiger charge is -2.22. The highest BCUT2D eigenvalue weighted by molar-refractivity contribution is 5.71. The van der Waals surface area contributed by atoms with E-state index in [-0.39, 0.29) is 18.0 Å². The molecular weight excluding hydrogens is 244 g/mol. The third kappa shape index (κ3) is 2.04. The minimum Gasteiger partial charge on any atom is -0.481 e. The fraction of sp³-hybridized carbons (Fsp3) is 0.769. The number of aliphatic carboxylic acids is 1. The van der Waals surface area contributed by atoms with Crippen molar-refractivity contribution >= 4 is 5.97 Å². The molecule has 2 bridgehead atoms. The molecule has 0 amide bonds. The number of carboxylic acid groups (broad SMARTS) is 1. The van der Waals surface area contributed by atoms with Gasteiger partial charge in [0.05, 0.1) is 12.5 Å². The Morgan fingerprint density at radius 2 is 2.32 bits per heavy atom. The van der Waals surface area contributed by atoms with Gasteiger partial charge in [-0.25, -0.2) is 9.67 Å². The van der Waals surface area contributed by atoms with E-state index in [0.717, 1.165) is 31.6 Å². The van der Waals surface area contributed by atoms with Crippen LogP contribution in [0.1, 0.15) is 45.0 Å². The second-order valence-corrected chi connectivity index (χ2v) is 5.87. The van der Waals surface area contributed by atoms with Gasteiger partial charge in [-0.05, 0) is 33.1 Å². The zero-order chi connectivity index (χ0) is 13.6. The molecule has 1 aromatic rings. The van der Waals surface area contributed by atoms with Crippen molar-refractivity contribution in [2.45, 2.75) is 57.8 Å². The van der Waals surface area contributed by atoms with E-state index in [2.05, 4.69) is 28.8 Å². The van der Waals surface area contributed by atoms with Crippen molar-refractivity contribution in [1.29, 1.82) is 0 Å². The van der Waals surface area contributed by atoms with E-state index >= 15 is 0 Å². The number of carboxylic acids is 1. The van der Waals surface area contributed by atoms with Crippen LogP contribution in [0.15, 0.2) is 6.33 Å². The number of rotatable bonds is 4. The summed E-state index contributed by atoms with van der Waals surface area (Å²) in [5.41, 5.74) is 0. The first-order valence-corrected chi connectivity index (χ1v) is 6.95. The van der Waals surface area contributed by atoms with Gasteiger partial charge in [0.25, 0.3) is 0 Å². The van der Waals surface area contributed by atoms with Gasteiger partial charge in [0, 0.05) is 18.1 Å². The number of carbonyl (C=O) groups is 1. The quantitative estimate of drug-likeness (QED) is 0.887. The lowest BCUT2D eigenvalue weighted by molar-refractivity contribution is -0.142. The zero-order valence-electron chi connectivity index (χ0n) is 11.4. The molecule has 104 valence electrons. The smallest absolute Gasteiger partial charge is 0.308 e. The van der Waals surface area contributed by atoms with Crippen LogP contribution >= 0.6 is 0 Å². The first-order valence-electron chi connectivity index (χ1n) is 6.95. The van der Waals surface area contributed by atoms with Crippen molar-refractivity contribution in [2.75, 3.05) is 0 Å². The molecule has 6 heteroatoms. The van der Waals surface area contributed by atoms with Crippen LogP contribution in [0.4, 0.5) is 0 Å². The molecule has 0 saturated carbocycles. The van der Waals surface area contributed by atoms with Crippen molar-refractivity contribution in [3.8, 4) is 0 Å². The van der Waals surface area contributed by atoms with Crippen LogP contribution in [-0.4, -0.2) is 42.8 Å². The Morgan fingerprint density at radius 3 is 2.95 bits per heavy atom. The molecule has 0 aliphatic carbocycles. The standard InChI is InChI=1S/C13H20N4O2/c1-8(2)17-12(14-7-15-17)6-16-9-3-4-11(16)10(5-9)13(18)19/h7-11H,3-6H2,1-2H3,(H,18,19). The molecule has 0 aromatic carbocycles. The van der Waals surface area contributed by atoms with Crippen molar-refractivity contribution in [3.63, 3.8) is 0 Å². The highest BCUT2D eigenvalue weighted by Crippen LogP contribution is 2.42. The number of hydrogen-bond acceptors (Lipinski definition) is 4.